The summed E-state index contributed by atoms with van der Waals surface area (Å²) < 4.78 is 0. The number of aromatic nitrogens is 2. The van der Waals surface area contributed by atoms with Gasteiger partial charge in [-0.05, 0) is 24.9 Å². The number of hydrogen-bond donors (Lipinski definition) is 3. The summed E-state index contributed by atoms with van der Waals surface area (Å²) >= 11 is 0. The van der Waals surface area contributed by atoms with Crippen LogP contribution in [0.4, 0.5) is 0 Å². The Morgan fingerprint density at radius 2 is 2.00 bits per heavy atom. The Balaban J connectivity index is 1.92. The molecule has 0 amide bonds. The van der Waals surface area contributed by atoms with Crippen LogP contribution in [0.15, 0.2) is 36.5 Å². The van der Waals surface area contributed by atoms with Gasteiger partial charge in [0.1, 0.15) is 0 Å². The smallest absolute Gasteiger partial charge is 0.0695 e. The molecular weight excluding hydrogens is 226 g/mol. The summed E-state index contributed by atoms with van der Waals surface area (Å²) in [6, 6.07) is 10.2. The molecular formula is C14H19N3O. The summed E-state index contributed by atoms with van der Waals surface area (Å²) in [5, 5.41) is 19.2. The maximum Gasteiger partial charge on any atom is 0.0695 e. The fraction of sp³-hybridized carbons (Fsp3) is 0.357. The lowest BCUT2D eigenvalue weighted by Gasteiger charge is -2.05. The minimum Gasteiger partial charge on any atom is -0.396 e. The molecule has 1 aromatic heterocycles. The molecule has 4 nitrogen and oxygen atoms in total. The van der Waals surface area contributed by atoms with Gasteiger partial charge >= 0.3 is 0 Å². The lowest BCUT2D eigenvalue weighted by molar-refractivity contribution is 0.283. The third kappa shape index (κ3) is 3.42. The molecule has 0 atom stereocenters. The molecule has 0 unspecified atom stereocenters. The van der Waals surface area contributed by atoms with Crippen LogP contribution in [0.1, 0.15) is 18.4 Å². The Hall–Kier alpha value is -1.65. The van der Waals surface area contributed by atoms with E-state index in [0.29, 0.717) is 0 Å². The van der Waals surface area contributed by atoms with Crippen molar-refractivity contribution in [3.05, 3.63) is 42.1 Å². The molecule has 0 aliphatic carbocycles. The van der Waals surface area contributed by atoms with E-state index in [2.05, 4.69) is 27.6 Å². The summed E-state index contributed by atoms with van der Waals surface area (Å²) in [5.74, 6) is 0. The van der Waals surface area contributed by atoms with Crippen molar-refractivity contribution in [2.24, 2.45) is 0 Å². The van der Waals surface area contributed by atoms with Crippen molar-refractivity contribution in [2.75, 3.05) is 13.2 Å². The second-order valence-electron chi connectivity index (χ2n) is 4.24. The second kappa shape index (κ2) is 6.93. The molecule has 0 bridgehead atoms. The number of H-pyrrole nitrogens is 1. The van der Waals surface area contributed by atoms with E-state index < -0.39 is 0 Å². The van der Waals surface area contributed by atoms with Crippen LogP contribution in [0.3, 0.4) is 0 Å². The quantitative estimate of drug-likeness (QED) is 0.653. The number of aliphatic hydroxyl groups excluding tert-OH is 1. The zero-order valence-electron chi connectivity index (χ0n) is 10.4. The number of rotatable bonds is 7. The summed E-state index contributed by atoms with van der Waals surface area (Å²) in [7, 11) is 0. The van der Waals surface area contributed by atoms with Gasteiger partial charge in [-0.15, -0.1) is 0 Å². The molecule has 0 aliphatic heterocycles. The van der Waals surface area contributed by atoms with Crippen molar-refractivity contribution in [1.29, 1.82) is 0 Å². The summed E-state index contributed by atoms with van der Waals surface area (Å²) in [5.41, 5.74) is 3.40. The van der Waals surface area contributed by atoms with Crippen LogP contribution in [-0.2, 0) is 6.54 Å². The van der Waals surface area contributed by atoms with Gasteiger partial charge in [-0.25, -0.2) is 0 Å². The average Bonchev–Trinajstić information content (AvgIpc) is 2.88. The van der Waals surface area contributed by atoms with Gasteiger partial charge in [-0.1, -0.05) is 30.3 Å². The van der Waals surface area contributed by atoms with Crippen molar-refractivity contribution in [3.8, 4) is 11.3 Å². The zero-order chi connectivity index (χ0) is 12.6. The van der Waals surface area contributed by atoms with Gasteiger partial charge in [-0.2, -0.15) is 5.10 Å². The van der Waals surface area contributed by atoms with Gasteiger partial charge in [0, 0.05) is 18.7 Å². The third-order valence-electron chi connectivity index (χ3n) is 2.86. The van der Waals surface area contributed by atoms with E-state index >= 15 is 0 Å². The highest BCUT2D eigenvalue weighted by molar-refractivity contribution is 5.62. The van der Waals surface area contributed by atoms with Crippen LogP contribution in [0.2, 0.25) is 0 Å². The molecule has 1 heterocycles. The van der Waals surface area contributed by atoms with Crippen LogP contribution < -0.4 is 5.32 Å². The van der Waals surface area contributed by atoms with Gasteiger partial charge in [0.05, 0.1) is 11.9 Å². The number of hydrogen-bond acceptors (Lipinski definition) is 3. The topological polar surface area (TPSA) is 60.9 Å². The first-order valence-electron chi connectivity index (χ1n) is 6.31. The molecule has 0 aliphatic rings. The molecule has 0 radical (unpaired) electrons. The SMILES string of the molecule is OCCCCNCc1cn[nH]c1-c1ccccc1. The third-order valence-corrected chi connectivity index (χ3v) is 2.86. The Morgan fingerprint density at radius 1 is 1.17 bits per heavy atom. The van der Waals surface area contributed by atoms with E-state index in [1.807, 2.05) is 24.4 Å². The lowest BCUT2D eigenvalue weighted by atomic mass is 10.1. The van der Waals surface area contributed by atoms with Gasteiger partial charge < -0.3 is 10.4 Å². The molecule has 2 rings (SSSR count). The minimum atomic E-state index is 0.267. The van der Waals surface area contributed by atoms with Crippen LogP contribution in [0, 0.1) is 0 Å². The second-order valence-corrected chi connectivity index (χ2v) is 4.24. The highest BCUT2D eigenvalue weighted by Gasteiger charge is 2.06. The minimum absolute atomic E-state index is 0.267. The Labute approximate surface area is 107 Å². The van der Waals surface area contributed by atoms with Gasteiger partial charge in [-0.3, -0.25) is 5.10 Å². The maximum atomic E-state index is 8.70. The maximum absolute atomic E-state index is 8.70. The largest absolute Gasteiger partial charge is 0.396 e. The summed E-state index contributed by atoms with van der Waals surface area (Å²) in [4.78, 5) is 0. The fourth-order valence-corrected chi connectivity index (χ4v) is 1.88. The predicted molar refractivity (Wildman–Crippen MR) is 72.1 cm³/mol. The fourth-order valence-electron chi connectivity index (χ4n) is 1.88. The van der Waals surface area contributed by atoms with Crippen LogP contribution >= 0.6 is 0 Å². The Kier molecular flexibility index (Phi) is 4.93. The number of benzene rings is 1. The molecule has 3 N–H and O–H groups in total. The molecule has 2 aromatic rings. The van der Waals surface area contributed by atoms with Gasteiger partial charge in [0.15, 0.2) is 0 Å². The van der Waals surface area contributed by atoms with E-state index in [9.17, 15) is 0 Å². The van der Waals surface area contributed by atoms with E-state index in [-0.39, 0.29) is 6.61 Å². The van der Waals surface area contributed by atoms with Gasteiger partial charge in [0.2, 0.25) is 0 Å². The Morgan fingerprint density at radius 3 is 2.78 bits per heavy atom. The first kappa shape index (κ1) is 12.8. The van der Waals surface area contributed by atoms with E-state index in [0.717, 1.165) is 37.2 Å². The highest BCUT2D eigenvalue weighted by atomic mass is 16.2. The van der Waals surface area contributed by atoms with Crippen molar-refractivity contribution >= 4 is 0 Å². The standard InChI is InChI=1S/C14H19N3O/c18-9-5-4-8-15-10-13-11-16-17-14(13)12-6-2-1-3-7-12/h1-3,6-7,11,15,18H,4-5,8-10H2,(H,16,17). The van der Waals surface area contributed by atoms with Crippen molar-refractivity contribution in [1.82, 2.24) is 15.5 Å². The lowest BCUT2D eigenvalue weighted by Crippen LogP contribution is -2.15. The monoisotopic (exact) mass is 245 g/mol. The first-order valence-corrected chi connectivity index (χ1v) is 6.31. The molecule has 18 heavy (non-hydrogen) atoms. The predicted octanol–water partition coefficient (Wildman–Crippen LogP) is 1.94. The summed E-state index contributed by atoms with van der Waals surface area (Å²) in [6.07, 6.45) is 3.71. The van der Waals surface area contributed by atoms with E-state index in [1.54, 1.807) is 0 Å². The number of unbranched alkanes of at least 4 members (excludes halogenated alkanes) is 1. The normalized spacial score (nSPS) is 10.7. The highest BCUT2D eigenvalue weighted by Crippen LogP contribution is 2.20. The number of nitrogens with zero attached hydrogens (tertiary/aromatic N) is 1. The van der Waals surface area contributed by atoms with E-state index in [4.69, 9.17) is 5.11 Å². The van der Waals surface area contributed by atoms with Gasteiger partial charge in [0.25, 0.3) is 0 Å². The van der Waals surface area contributed by atoms with Crippen LogP contribution in [0.5, 0.6) is 0 Å². The van der Waals surface area contributed by atoms with Crippen LogP contribution in [0.25, 0.3) is 11.3 Å². The van der Waals surface area contributed by atoms with Crippen LogP contribution in [-0.4, -0.2) is 28.5 Å². The number of nitrogens with one attached hydrogen (secondary N) is 2. The van der Waals surface area contributed by atoms with Crippen molar-refractivity contribution < 1.29 is 5.11 Å². The summed E-state index contributed by atoms with van der Waals surface area (Å²) in [6.45, 7) is 1.98. The Bertz CT molecular complexity index is 453. The molecule has 4 heteroatoms. The molecule has 96 valence electrons. The van der Waals surface area contributed by atoms with Crippen molar-refractivity contribution in [3.63, 3.8) is 0 Å². The molecule has 0 fully saturated rings. The van der Waals surface area contributed by atoms with E-state index in [1.165, 1.54) is 5.56 Å². The van der Waals surface area contributed by atoms with Crippen molar-refractivity contribution in [2.45, 2.75) is 19.4 Å². The molecule has 0 spiro atoms. The molecule has 0 saturated carbocycles. The number of aliphatic hydroxyl groups is 1. The number of aromatic amines is 1. The first-order chi connectivity index (χ1) is 8.92. The zero-order valence-corrected chi connectivity index (χ0v) is 10.4. The molecule has 1 aromatic carbocycles. The average molecular weight is 245 g/mol. The molecule has 0 saturated heterocycles.